The van der Waals surface area contributed by atoms with Crippen LogP contribution >= 0.6 is 11.6 Å². The number of hydrogen-bond donors (Lipinski definition) is 0. The van der Waals surface area contributed by atoms with Crippen LogP contribution < -0.4 is 9.47 Å². The minimum absolute atomic E-state index is 0.0215. The summed E-state index contributed by atoms with van der Waals surface area (Å²) in [6.07, 6.45) is 0.0415. The number of para-hydroxylation sites is 1. The summed E-state index contributed by atoms with van der Waals surface area (Å²) < 4.78 is 38.5. The molecule has 0 aliphatic carbocycles. The molecule has 0 radical (unpaired) electrons. The molecule has 0 aromatic heterocycles. The van der Waals surface area contributed by atoms with Gasteiger partial charge in [-0.05, 0) is 24.6 Å². The first kappa shape index (κ1) is 14.1. The van der Waals surface area contributed by atoms with E-state index in [1.54, 1.807) is 18.2 Å². The molecule has 0 saturated heterocycles. The number of alkyl halides is 1. The third-order valence-electron chi connectivity index (χ3n) is 3.38. The van der Waals surface area contributed by atoms with Crippen LogP contribution in [0.15, 0.2) is 36.4 Å². The first-order valence-corrected chi connectivity index (χ1v) is 7.06. The van der Waals surface area contributed by atoms with Gasteiger partial charge in [-0.15, -0.1) is 11.6 Å². The third kappa shape index (κ3) is 2.81. The molecule has 21 heavy (non-hydrogen) atoms. The van der Waals surface area contributed by atoms with Gasteiger partial charge in [0, 0.05) is 11.1 Å². The molecule has 1 heterocycles. The zero-order valence-electron chi connectivity index (χ0n) is 11.1. The number of rotatable bonds is 3. The normalized spacial score (nSPS) is 14.8. The minimum atomic E-state index is -0.604. The first-order chi connectivity index (χ1) is 10.2. The average molecular weight is 311 g/mol. The Kier molecular flexibility index (Phi) is 3.97. The second-order valence-corrected chi connectivity index (χ2v) is 5.27. The molecule has 110 valence electrons. The van der Waals surface area contributed by atoms with Crippen molar-refractivity contribution in [2.24, 2.45) is 0 Å². The van der Waals surface area contributed by atoms with E-state index in [1.807, 2.05) is 0 Å². The number of halogens is 3. The molecule has 2 aromatic rings. The van der Waals surface area contributed by atoms with E-state index in [0.29, 0.717) is 30.3 Å². The van der Waals surface area contributed by atoms with Crippen molar-refractivity contribution < 1.29 is 18.3 Å². The molecule has 1 aliphatic heterocycles. The van der Waals surface area contributed by atoms with Crippen molar-refractivity contribution in [2.75, 3.05) is 13.2 Å². The highest BCUT2D eigenvalue weighted by Crippen LogP contribution is 2.40. The van der Waals surface area contributed by atoms with E-state index in [1.165, 1.54) is 18.2 Å². The van der Waals surface area contributed by atoms with E-state index < -0.39 is 17.0 Å². The summed E-state index contributed by atoms with van der Waals surface area (Å²) in [7, 11) is 0. The van der Waals surface area contributed by atoms with Crippen molar-refractivity contribution in [3.63, 3.8) is 0 Å². The topological polar surface area (TPSA) is 18.5 Å². The lowest BCUT2D eigenvalue weighted by Gasteiger charge is -2.23. The molecule has 0 spiro atoms. The van der Waals surface area contributed by atoms with Crippen molar-refractivity contribution in [1.29, 1.82) is 0 Å². The Morgan fingerprint density at radius 2 is 1.67 bits per heavy atom. The van der Waals surface area contributed by atoms with E-state index >= 15 is 0 Å². The Morgan fingerprint density at radius 1 is 1.00 bits per heavy atom. The van der Waals surface area contributed by atoms with Crippen LogP contribution in [-0.4, -0.2) is 13.2 Å². The van der Waals surface area contributed by atoms with Gasteiger partial charge in [-0.2, -0.15) is 0 Å². The van der Waals surface area contributed by atoms with Gasteiger partial charge in [0.1, 0.15) is 24.8 Å². The van der Waals surface area contributed by atoms with Crippen LogP contribution in [0.3, 0.4) is 0 Å². The molecule has 0 bridgehead atoms. The number of hydrogen-bond acceptors (Lipinski definition) is 2. The van der Waals surface area contributed by atoms with Crippen LogP contribution in [0.5, 0.6) is 11.5 Å². The van der Waals surface area contributed by atoms with Crippen molar-refractivity contribution >= 4 is 11.6 Å². The zero-order valence-corrected chi connectivity index (χ0v) is 11.9. The fourth-order valence-corrected chi connectivity index (χ4v) is 2.69. The van der Waals surface area contributed by atoms with Crippen molar-refractivity contribution in [1.82, 2.24) is 0 Å². The van der Waals surface area contributed by atoms with Crippen LogP contribution in [-0.2, 0) is 6.42 Å². The lowest BCUT2D eigenvalue weighted by atomic mass is 10.0. The molecular weight excluding hydrogens is 298 g/mol. The monoisotopic (exact) mass is 310 g/mol. The fourth-order valence-electron chi connectivity index (χ4n) is 2.36. The summed E-state index contributed by atoms with van der Waals surface area (Å²) >= 11 is 6.35. The Labute approximate surface area is 126 Å². The van der Waals surface area contributed by atoms with E-state index in [0.717, 1.165) is 0 Å². The highest BCUT2D eigenvalue weighted by Gasteiger charge is 2.22. The summed E-state index contributed by atoms with van der Waals surface area (Å²) in [5.74, 6) is -0.0239. The summed E-state index contributed by atoms with van der Waals surface area (Å²) in [5.41, 5.74) is 0.656. The fraction of sp³-hybridized carbons (Fsp3) is 0.250. The van der Waals surface area contributed by atoms with Crippen LogP contribution in [0.2, 0.25) is 0 Å². The Balaban J connectivity index is 1.91. The summed E-state index contributed by atoms with van der Waals surface area (Å²) in [6, 6.07) is 9.13. The van der Waals surface area contributed by atoms with E-state index in [-0.39, 0.29) is 12.0 Å². The van der Waals surface area contributed by atoms with Gasteiger partial charge in [0.05, 0.1) is 5.38 Å². The largest absolute Gasteiger partial charge is 0.486 e. The van der Waals surface area contributed by atoms with Crippen LogP contribution in [0.4, 0.5) is 8.78 Å². The predicted molar refractivity (Wildman–Crippen MR) is 76.1 cm³/mol. The van der Waals surface area contributed by atoms with E-state index in [2.05, 4.69) is 0 Å². The van der Waals surface area contributed by atoms with Gasteiger partial charge >= 0.3 is 0 Å². The predicted octanol–water partition coefficient (Wildman–Crippen LogP) is 4.26. The van der Waals surface area contributed by atoms with Gasteiger partial charge in [-0.25, -0.2) is 8.78 Å². The molecule has 3 rings (SSSR count). The summed E-state index contributed by atoms with van der Waals surface area (Å²) in [5, 5.41) is -0.604. The van der Waals surface area contributed by atoms with Crippen LogP contribution in [0.1, 0.15) is 16.5 Å². The number of fused-ring (bicyclic) bond motifs is 1. The van der Waals surface area contributed by atoms with Gasteiger partial charge in [0.2, 0.25) is 0 Å². The molecule has 2 aromatic carbocycles. The van der Waals surface area contributed by atoms with Crippen molar-refractivity contribution in [2.45, 2.75) is 11.8 Å². The second-order valence-electron chi connectivity index (χ2n) is 4.74. The Bertz CT molecular complexity index is 640. The second kappa shape index (κ2) is 5.90. The third-order valence-corrected chi connectivity index (χ3v) is 3.77. The van der Waals surface area contributed by atoms with Crippen LogP contribution in [0, 0.1) is 11.6 Å². The maximum absolute atomic E-state index is 13.7. The van der Waals surface area contributed by atoms with Gasteiger partial charge in [-0.1, -0.05) is 18.2 Å². The van der Waals surface area contributed by atoms with Gasteiger partial charge < -0.3 is 9.47 Å². The van der Waals surface area contributed by atoms with Crippen molar-refractivity contribution in [3.05, 3.63) is 59.2 Å². The standard InChI is InChI=1S/C16H13ClF2O2/c17-12(9-11-13(18)4-2-5-14(11)19)10-3-1-6-15-16(10)21-8-7-20-15/h1-6,12H,7-9H2. The quantitative estimate of drug-likeness (QED) is 0.789. The maximum atomic E-state index is 13.7. The molecular formula is C16H13ClF2O2. The molecule has 2 nitrogen and oxygen atoms in total. The van der Waals surface area contributed by atoms with Gasteiger partial charge in [0.25, 0.3) is 0 Å². The first-order valence-electron chi connectivity index (χ1n) is 6.62. The lowest BCUT2D eigenvalue weighted by Crippen LogP contribution is -2.17. The molecule has 1 atom stereocenters. The zero-order chi connectivity index (χ0) is 14.8. The molecule has 5 heteroatoms. The molecule has 1 unspecified atom stereocenters. The average Bonchev–Trinajstić information content (AvgIpc) is 2.50. The van der Waals surface area contributed by atoms with Crippen molar-refractivity contribution in [3.8, 4) is 11.5 Å². The molecule has 0 saturated carbocycles. The summed E-state index contributed by atoms with van der Waals surface area (Å²) in [4.78, 5) is 0. The highest BCUT2D eigenvalue weighted by atomic mass is 35.5. The van der Waals surface area contributed by atoms with Crippen LogP contribution in [0.25, 0.3) is 0 Å². The summed E-state index contributed by atoms with van der Waals surface area (Å²) in [6.45, 7) is 0.910. The molecule has 1 aliphatic rings. The minimum Gasteiger partial charge on any atom is -0.486 e. The molecule has 0 N–H and O–H groups in total. The van der Waals surface area contributed by atoms with E-state index in [9.17, 15) is 8.78 Å². The van der Waals surface area contributed by atoms with Gasteiger partial charge in [-0.3, -0.25) is 0 Å². The number of benzene rings is 2. The Hall–Kier alpha value is -1.81. The highest BCUT2D eigenvalue weighted by molar-refractivity contribution is 6.21. The van der Waals surface area contributed by atoms with E-state index in [4.69, 9.17) is 21.1 Å². The lowest BCUT2D eigenvalue weighted by molar-refractivity contribution is 0.170. The SMILES string of the molecule is Fc1cccc(F)c1CC(Cl)c1cccc2c1OCCO2. The Morgan fingerprint density at radius 3 is 2.43 bits per heavy atom. The number of ether oxygens (including phenoxy) is 2. The maximum Gasteiger partial charge on any atom is 0.166 e. The smallest absolute Gasteiger partial charge is 0.166 e. The molecule has 0 fully saturated rings. The molecule has 0 amide bonds. The van der Waals surface area contributed by atoms with Gasteiger partial charge in [0.15, 0.2) is 11.5 Å².